The van der Waals surface area contributed by atoms with Gasteiger partial charge < -0.3 is 9.80 Å². The summed E-state index contributed by atoms with van der Waals surface area (Å²) in [7, 11) is 2.14. The van der Waals surface area contributed by atoms with Crippen LogP contribution < -0.4 is 10.3 Å². The monoisotopic (exact) mass is 325 g/mol. The first kappa shape index (κ1) is 14.6. The molecule has 1 fully saturated rings. The molecule has 0 bridgehead atoms. The van der Waals surface area contributed by atoms with E-state index in [1.165, 1.54) is 0 Å². The Labute approximate surface area is 139 Å². The Balaban J connectivity index is 2.04. The Hall–Kier alpha value is -1.98. The fourth-order valence-electron chi connectivity index (χ4n) is 3.17. The highest BCUT2D eigenvalue weighted by Gasteiger charge is 2.20. The fraction of sp³-hybridized carbons (Fsp3) is 0.333. The molecule has 0 unspecified atom stereocenters. The number of benzene rings is 1. The summed E-state index contributed by atoms with van der Waals surface area (Å²) in [5, 5.41) is 1.71. The molecule has 5 heteroatoms. The highest BCUT2D eigenvalue weighted by atomic mass is 32.1. The third-order valence-electron chi connectivity index (χ3n) is 4.48. The molecule has 0 saturated carbocycles. The van der Waals surface area contributed by atoms with Crippen molar-refractivity contribution in [2.45, 2.75) is 6.92 Å². The normalized spacial score (nSPS) is 16.3. The van der Waals surface area contributed by atoms with Crippen molar-refractivity contribution in [3.63, 3.8) is 0 Å². The van der Waals surface area contributed by atoms with Crippen LogP contribution in [0.4, 0.5) is 5.82 Å². The van der Waals surface area contributed by atoms with Gasteiger partial charge in [0.15, 0.2) is 0 Å². The SMILES string of the molecule is Cc1cc2c(N3CCN(C)CC3)nc3ccccc3c(=O)c2s1. The van der Waals surface area contributed by atoms with E-state index in [4.69, 9.17) is 4.98 Å². The minimum absolute atomic E-state index is 0.0987. The summed E-state index contributed by atoms with van der Waals surface area (Å²) in [5.74, 6) is 0.954. The topological polar surface area (TPSA) is 36.4 Å². The number of para-hydroxylation sites is 1. The molecule has 1 saturated heterocycles. The summed E-state index contributed by atoms with van der Waals surface area (Å²) < 4.78 is 0.824. The lowest BCUT2D eigenvalue weighted by molar-refractivity contribution is 0.312. The molecule has 1 aliphatic rings. The molecule has 0 radical (unpaired) electrons. The lowest BCUT2D eigenvalue weighted by Gasteiger charge is -2.33. The maximum absolute atomic E-state index is 12.9. The molecule has 23 heavy (non-hydrogen) atoms. The third kappa shape index (κ3) is 2.50. The molecule has 3 aromatic rings. The number of fused-ring (bicyclic) bond motifs is 2. The molecule has 118 valence electrons. The van der Waals surface area contributed by atoms with Gasteiger partial charge in [-0.3, -0.25) is 4.79 Å². The fourth-order valence-corrected chi connectivity index (χ4v) is 4.13. The zero-order valence-electron chi connectivity index (χ0n) is 13.4. The van der Waals surface area contributed by atoms with Gasteiger partial charge in [-0.2, -0.15) is 0 Å². The molecule has 4 rings (SSSR count). The number of hydrogen-bond donors (Lipinski definition) is 0. The van der Waals surface area contributed by atoms with Crippen LogP contribution in [0.5, 0.6) is 0 Å². The van der Waals surface area contributed by atoms with Crippen molar-refractivity contribution in [3.8, 4) is 0 Å². The van der Waals surface area contributed by atoms with Crippen LogP contribution in [0.1, 0.15) is 4.88 Å². The minimum Gasteiger partial charge on any atom is -0.353 e. The summed E-state index contributed by atoms with van der Waals surface area (Å²) in [6.45, 7) is 5.99. The average Bonchev–Trinajstić information content (AvgIpc) is 2.90. The van der Waals surface area contributed by atoms with E-state index in [0.29, 0.717) is 5.39 Å². The van der Waals surface area contributed by atoms with Gasteiger partial charge in [0.2, 0.25) is 5.43 Å². The number of anilines is 1. The number of aromatic nitrogens is 1. The average molecular weight is 325 g/mol. The second kappa shape index (κ2) is 5.58. The highest BCUT2D eigenvalue weighted by molar-refractivity contribution is 7.19. The van der Waals surface area contributed by atoms with E-state index in [1.807, 2.05) is 24.3 Å². The quantitative estimate of drug-likeness (QED) is 0.689. The van der Waals surface area contributed by atoms with Crippen LogP contribution in [-0.2, 0) is 0 Å². The van der Waals surface area contributed by atoms with Crippen LogP contribution in [-0.4, -0.2) is 43.1 Å². The first-order chi connectivity index (χ1) is 11.1. The number of hydrogen-bond acceptors (Lipinski definition) is 5. The van der Waals surface area contributed by atoms with Crippen molar-refractivity contribution in [1.29, 1.82) is 0 Å². The molecule has 1 aliphatic heterocycles. The number of nitrogens with zero attached hydrogens (tertiary/aromatic N) is 3. The second-order valence-corrected chi connectivity index (χ2v) is 7.43. The molecule has 2 aromatic heterocycles. The van der Waals surface area contributed by atoms with Crippen molar-refractivity contribution in [3.05, 3.63) is 45.4 Å². The maximum Gasteiger partial charge on any atom is 0.205 e. The van der Waals surface area contributed by atoms with E-state index >= 15 is 0 Å². The predicted octanol–water partition coefficient (Wildman–Crippen LogP) is 2.87. The third-order valence-corrected chi connectivity index (χ3v) is 5.53. The molecule has 0 N–H and O–H groups in total. The van der Waals surface area contributed by atoms with Gasteiger partial charge in [-0.15, -0.1) is 11.3 Å². The second-order valence-electron chi connectivity index (χ2n) is 6.17. The van der Waals surface area contributed by atoms with Gasteiger partial charge in [0.1, 0.15) is 5.82 Å². The van der Waals surface area contributed by atoms with Gasteiger partial charge in [-0.05, 0) is 32.2 Å². The van der Waals surface area contributed by atoms with Gasteiger partial charge in [-0.1, -0.05) is 12.1 Å². The molecular formula is C18H19N3OS. The van der Waals surface area contributed by atoms with E-state index < -0.39 is 0 Å². The smallest absolute Gasteiger partial charge is 0.205 e. The lowest BCUT2D eigenvalue weighted by Crippen LogP contribution is -2.44. The maximum atomic E-state index is 12.9. The lowest BCUT2D eigenvalue weighted by atomic mass is 10.2. The Morgan fingerprint density at radius 1 is 1.09 bits per heavy atom. The van der Waals surface area contributed by atoms with E-state index in [1.54, 1.807) is 11.3 Å². The summed E-state index contributed by atoms with van der Waals surface area (Å²) in [4.78, 5) is 23.6. The van der Waals surface area contributed by atoms with Gasteiger partial charge >= 0.3 is 0 Å². The van der Waals surface area contributed by atoms with Crippen molar-refractivity contribution >= 4 is 38.1 Å². The van der Waals surface area contributed by atoms with Crippen LogP contribution in [0.2, 0.25) is 0 Å². The van der Waals surface area contributed by atoms with Crippen LogP contribution in [0.25, 0.3) is 21.0 Å². The predicted molar refractivity (Wildman–Crippen MR) is 97.8 cm³/mol. The molecule has 1 aromatic carbocycles. The van der Waals surface area contributed by atoms with Gasteiger partial charge in [0, 0.05) is 41.8 Å². The molecule has 4 nitrogen and oxygen atoms in total. The molecular weight excluding hydrogens is 306 g/mol. The summed E-state index contributed by atoms with van der Waals surface area (Å²) in [6, 6.07) is 9.79. The number of aryl methyl sites for hydroxylation is 1. The molecule has 3 heterocycles. The number of rotatable bonds is 1. The molecule has 0 spiro atoms. The van der Waals surface area contributed by atoms with Crippen LogP contribution in [0.3, 0.4) is 0 Å². The highest BCUT2D eigenvalue weighted by Crippen LogP contribution is 2.30. The van der Waals surface area contributed by atoms with Crippen molar-refractivity contribution in [2.75, 3.05) is 38.1 Å². The van der Waals surface area contributed by atoms with Crippen molar-refractivity contribution in [2.24, 2.45) is 0 Å². The standard InChI is InChI=1S/C18H19N3OS/c1-12-11-14-17(23-12)16(22)13-5-3-4-6-15(13)19-18(14)21-9-7-20(2)8-10-21/h3-6,11H,7-10H2,1-2H3. The van der Waals surface area contributed by atoms with Crippen LogP contribution in [0.15, 0.2) is 35.1 Å². The zero-order valence-corrected chi connectivity index (χ0v) is 14.2. The number of piperazine rings is 1. The van der Waals surface area contributed by atoms with E-state index in [0.717, 1.165) is 52.5 Å². The molecule has 0 atom stereocenters. The summed E-state index contributed by atoms with van der Waals surface area (Å²) >= 11 is 1.58. The van der Waals surface area contributed by atoms with Gasteiger partial charge in [0.05, 0.1) is 10.2 Å². The Morgan fingerprint density at radius 3 is 2.61 bits per heavy atom. The largest absolute Gasteiger partial charge is 0.353 e. The molecule has 0 aliphatic carbocycles. The zero-order chi connectivity index (χ0) is 16.0. The first-order valence-electron chi connectivity index (χ1n) is 7.90. The van der Waals surface area contributed by atoms with Crippen LogP contribution in [0, 0.1) is 6.92 Å². The van der Waals surface area contributed by atoms with Crippen molar-refractivity contribution < 1.29 is 0 Å². The van der Waals surface area contributed by atoms with Crippen LogP contribution >= 0.6 is 11.3 Å². The Bertz CT molecular complexity index is 942. The summed E-state index contributed by atoms with van der Waals surface area (Å²) in [6.07, 6.45) is 0. The van der Waals surface area contributed by atoms with Crippen molar-refractivity contribution in [1.82, 2.24) is 9.88 Å². The first-order valence-corrected chi connectivity index (χ1v) is 8.72. The molecule has 0 amide bonds. The van der Waals surface area contributed by atoms with E-state index in [9.17, 15) is 4.79 Å². The number of likely N-dealkylation sites (N-methyl/N-ethyl adjacent to an activating group) is 1. The minimum atomic E-state index is 0.0987. The van der Waals surface area contributed by atoms with E-state index in [2.05, 4.69) is 29.8 Å². The number of thiophene rings is 1. The Morgan fingerprint density at radius 2 is 1.83 bits per heavy atom. The van der Waals surface area contributed by atoms with Gasteiger partial charge in [-0.25, -0.2) is 4.98 Å². The summed E-state index contributed by atoms with van der Waals surface area (Å²) in [5.41, 5.74) is 0.883. The Kier molecular flexibility index (Phi) is 3.54. The van der Waals surface area contributed by atoms with Gasteiger partial charge in [0.25, 0.3) is 0 Å². The van der Waals surface area contributed by atoms with E-state index in [-0.39, 0.29) is 5.43 Å².